The summed E-state index contributed by atoms with van der Waals surface area (Å²) in [6, 6.07) is 11.4. The highest BCUT2D eigenvalue weighted by molar-refractivity contribution is 6.26. The molecule has 194 valence electrons. The maximum atomic E-state index is 13.3. The molecule has 0 aromatic heterocycles. The molecule has 0 saturated carbocycles. The van der Waals surface area contributed by atoms with E-state index in [0.29, 0.717) is 16.5 Å². The van der Waals surface area contributed by atoms with E-state index in [9.17, 15) is 34.6 Å². The van der Waals surface area contributed by atoms with Crippen LogP contribution < -0.4 is 4.90 Å². The molecule has 2 aliphatic rings. The van der Waals surface area contributed by atoms with Crippen LogP contribution in [0.15, 0.2) is 48.5 Å². The Morgan fingerprint density at radius 1 is 0.868 bits per heavy atom. The maximum Gasteiger partial charge on any atom is 0.338 e. The first kappa shape index (κ1) is 24.8. The predicted molar refractivity (Wildman–Crippen MR) is 135 cm³/mol. The number of nitro benzene ring substituents is 2. The topological polar surface area (TPSA) is 153 Å². The first-order valence-corrected chi connectivity index (χ1v) is 12.0. The van der Waals surface area contributed by atoms with Crippen molar-refractivity contribution >= 4 is 45.6 Å². The van der Waals surface area contributed by atoms with E-state index in [4.69, 9.17) is 4.74 Å². The molecule has 2 amide bonds. The first-order chi connectivity index (χ1) is 18.3. The zero-order chi connectivity index (χ0) is 27.0. The van der Waals surface area contributed by atoms with E-state index in [1.165, 1.54) is 6.42 Å². The number of hydrogen-bond donors (Lipinski definition) is 0. The molecule has 1 saturated heterocycles. The molecule has 0 atom stereocenters. The third kappa shape index (κ3) is 4.40. The van der Waals surface area contributed by atoms with Gasteiger partial charge in [0.25, 0.3) is 23.2 Å². The van der Waals surface area contributed by atoms with Gasteiger partial charge in [0.1, 0.15) is 6.61 Å². The summed E-state index contributed by atoms with van der Waals surface area (Å²) in [5, 5.41) is 23.6. The third-order valence-corrected chi connectivity index (χ3v) is 6.77. The number of nitrogens with zero attached hydrogens (tertiary/aromatic N) is 4. The second kappa shape index (κ2) is 9.88. The van der Waals surface area contributed by atoms with Gasteiger partial charge in [-0.3, -0.25) is 34.7 Å². The van der Waals surface area contributed by atoms with Gasteiger partial charge in [0, 0.05) is 52.8 Å². The number of ether oxygens (including phenoxy) is 1. The summed E-state index contributed by atoms with van der Waals surface area (Å²) >= 11 is 0. The molecule has 0 aliphatic carbocycles. The molecule has 12 nitrogen and oxygen atoms in total. The number of carbonyl (C=O) groups excluding carboxylic acids is 3. The Balaban J connectivity index is 1.35. The fraction of sp³-hybridized carbons (Fsp3) is 0.269. The summed E-state index contributed by atoms with van der Waals surface area (Å²) in [5.41, 5.74) is 0.0670. The molecule has 0 spiro atoms. The standard InChI is InChI=1S/C26H22N4O8/c31-24-20-6-4-5-19-22(27-9-2-1-3-10-27)8-7-21(23(19)20)25(32)28(24)11-12-38-26(33)16-13-17(29(34)35)15-18(14-16)30(36)37/h4-8,13-15H,1-3,9-12H2. The number of benzene rings is 3. The second-order valence-electron chi connectivity index (χ2n) is 9.06. The summed E-state index contributed by atoms with van der Waals surface area (Å²) in [6.45, 7) is 1.16. The molecule has 3 aromatic carbocycles. The van der Waals surface area contributed by atoms with Crippen molar-refractivity contribution in [2.24, 2.45) is 0 Å². The SMILES string of the molecule is O=C(OCCN1C(=O)c2cccc3c(N4CCCCC4)ccc(c23)C1=O)c1cc([N+](=O)[O-])cc([N+](=O)[O-])c1. The molecule has 0 bridgehead atoms. The van der Waals surface area contributed by atoms with Gasteiger partial charge in [0.2, 0.25) is 0 Å². The zero-order valence-electron chi connectivity index (χ0n) is 20.1. The maximum absolute atomic E-state index is 13.3. The summed E-state index contributed by atoms with van der Waals surface area (Å²) in [5.74, 6) is -2.10. The van der Waals surface area contributed by atoms with Crippen LogP contribution in [-0.2, 0) is 4.74 Å². The van der Waals surface area contributed by atoms with Gasteiger partial charge in [0.05, 0.1) is 28.0 Å². The summed E-state index contributed by atoms with van der Waals surface area (Å²) < 4.78 is 5.12. The number of carbonyl (C=O) groups is 3. The minimum absolute atomic E-state index is 0.260. The van der Waals surface area contributed by atoms with Crippen molar-refractivity contribution in [3.05, 3.63) is 85.4 Å². The van der Waals surface area contributed by atoms with Crippen molar-refractivity contribution in [1.82, 2.24) is 4.90 Å². The van der Waals surface area contributed by atoms with Crippen LogP contribution in [0.3, 0.4) is 0 Å². The summed E-state index contributed by atoms with van der Waals surface area (Å²) in [6.07, 6.45) is 3.33. The van der Waals surface area contributed by atoms with Crippen molar-refractivity contribution < 1.29 is 29.0 Å². The molecule has 0 radical (unpaired) electrons. The smallest absolute Gasteiger partial charge is 0.338 e. The van der Waals surface area contributed by atoms with Gasteiger partial charge in [0.15, 0.2) is 0 Å². The lowest BCUT2D eigenvalue weighted by Gasteiger charge is -2.32. The Bertz CT molecular complexity index is 1460. The average Bonchev–Trinajstić information content (AvgIpc) is 2.93. The van der Waals surface area contributed by atoms with Crippen LogP contribution in [0.2, 0.25) is 0 Å². The molecular weight excluding hydrogens is 496 g/mol. The quantitative estimate of drug-likeness (QED) is 0.195. The molecule has 0 N–H and O–H groups in total. The van der Waals surface area contributed by atoms with Crippen LogP contribution in [0.5, 0.6) is 0 Å². The monoisotopic (exact) mass is 518 g/mol. The highest BCUT2D eigenvalue weighted by atomic mass is 16.6. The molecule has 3 aromatic rings. The number of piperidine rings is 1. The van der Waals surface area contributed by atoms with Crippen molar-refractivity contribution in [3.63, 3.8) is 0 Å². The van der Waals surface area contributed by atoms with E-state index in [2.05, 4.69) is 4.90 Å². The van der Waals surface area contributed by atoms with E-state index < -0.39 is 45.6 Å². The second-order valence-corrected chi connectivity index (χ2v) is 9.06. The van der Waals surface area contributed by atoms with Crippen molar-refractivity contribution in [1.29, 1.82) is 0 Å². The number of rotatable bonds is 7. The molecule has 5 rings (SSSR count). The van der Waals surface area contributed by atoms with Gasteiger partial charge in [-0.2, -0.15) is 0 Å². The number of amides is 2. The fourth-order valence-electron chi connectivity index (χ4n) is 4.98. The van der Waals surface area contributed by atoms with E-state index in [1.54, 1.807) is 18.2 Å². The van der Waals surface area contributed by atoms with Gasteiger partial charge >= 0.3 is 5.97 Å². The largest absolute Gasteiger partial charge is 0.460 e. The van der Waals surface area contributed by atoms with Gasteiger partial charge < -0.3 is 9.64 Å². The average molecular weight is 518 g/mol. The normalized spacial score (nSPS) is 15.1. The Labute approximate surface area is 215 Å². The fourth-order valence-corrected chi connectivity index (χ4v) is 4.98. The van der Waals surface area contributed by atoms with Gasteiger partial charge in [-0.25, -0.2) is 4.79 Å². The Morgan fingerprint density at radius 3 is 2.13 bits per heavy atom. The van der Waals surface area contributed by atoms with Crippen LogP contribution in [0.1, 0.15) is 50.3 Å². The molecule has 38 heavy (non-hydrogen) atoms. The number of hydrogen-bond acceptors (Lipinski definition) is 9. The minimum atomic E-state index is -1.05. The lowest BCUT2D eigenvalue weighted by atomic mass is 9.92. The zero-order valence-corrected chi connectivity index (χ0v) is 20.1. The summed E-state index contributed by atoms with van der Waals surface area (Å²) in [4.78, 5) is 62.8. The van der Waals surface area contributed by atoms with Crippen LogP contribution in [0.25, 0.3) is 10.8 Å². The van der Waals surface area contributed by atoms with Crippen LogP contribution >= 0.6 is 0 Å². The van der Waals surface area contributed by atoms with Crippen LogP contribution in [0.4, 0.5) is 17.1 Å². The van der Waals surface area contributed by atoms with Crippen molar-refractivity contribution in [3.8, 4) is 0 Å². The van der Waals surface area contributed by atoms with E-state index in [1.807, 2.05) is 12.1 Å². The van der Waals surface area contributed by atoms with Crippen molar-refractivity contribution in [2.75, 3.05) is 31.1 Å². The highest BCUT2D eigenvalue weighted by Gasteiger charge is 2.34. The van der Waals surface area contributed by atoms with Gasteiger partial charge in [-0.05, 0) is 37.5 Å². The predicted octanol–water partition coefficient (Wildman–Crippen LogP) is 4.10. The van der Waals surface area contributed by atoms with Gasteiger partial charge in [-0.1, -0.05) is 12.1 Å². The van der Waals surface area contributed by atoms with Crippen LogP contribution in [-0.4, -0.2) is 58.8 Å². The Kier molecular flexibility index (Phi) is 6.45. The third-order valence-electron chi connectivity index (χ3n) is 6.77. The molecule has 12 heteroatoms. The number of esters is 1. The Morgan fingerprint density at radius 2 is 1.50 bits per heavy atom. The number of imide groups is 1. The number of nitro groups is 2. The molecule has 1 fully saturated rings. The van der Waals surface area contributed by atoms with E-state index in [-0.39, 0.29) is 12.1 Å². The molecular formula is C26H22N4O8. The lowest BCUT2D eigenvalue weighted by Crippen LogP contribution is -2.42. The number of anilines is 1. The first-order valence-electron chi connectivity index (χ1n) is 12.0. The Hall–Kier alpha value is -4.87. The van der Waals surface area contributed by atoms with Crippen molar-refractivity contribution in [2.45, 2.75) is 19.3 Å². The minimum Gasteiger partial charge on any atom is -0.460 e. The summed E-state index contributed by atoms with van der Waals surface area (Å²) in [7, 11) is 0. The molecule has 2 heterocycles. The van der Waals surface area contributed by atoms with E-state index >= 15 is 0 Å². The molecule has 0 unspecified atom stereocenters. The lowest BCUT2D eigenvalue weighted by molar-refractivity contribution is -0.394. The van der Waals surface area contributed by atoms with Gasteiger partial charge in [-0.15, -0.1) is 0 Å². The van der Waals surface area contributed by atoms with Crippen LogP contribution in [0, 0.1) is 20.2 Å². The number of non-ortho nitro benzene ring substituents is 2. The van der Waals surface area contributed by atoms with E-state index in [0.717, 1.165) is 60.1 Å². The highest BCUT2D eigenvalue weighted by Crippen LogP contribution is 2.36. The molecule has 2 aliphatic heterocycles.